The lowest BCUT2D eigenvalue weighted by atomic mass is 10.1. The van der Waals surface area contributed by atoms with Crippen molar-refractivity contribution in [3.8, 4) is 34.5 Å². The van der Waals surface area contributed by atoms with E-state index in [9.17, 15) is 30.3 Å². The first-order chi connectivity index (χ1) is 14.6. The number of carboxylic acids is 1. The Morgan fingerprint density at radius 2 is 0.935 bits per heavy atom. The van der Waals surface area contributed by atoms with Crippen molar-refractivity contribution < 1.29 is 39.8 Å². The molecule has 0 bridgehead atoms. The molecule has 158 valence electrons. The summed E-state index contributed by atoms with van der Waals surface area (Å²) in [6, 6.07) is 11.4. The van der Waals surface area contributed by atoms with E-state index in [1.807, 2.05) is 0 Å². The van der Waals surface area contributed by atoms with E-state index < -0.39 is 5.97 Å². The molecule has 8 nitrogen and oxygen atoms in total. The molecule has 8 heteroatoms. The van der Waals surface area contributed by atoms with E-state index in [0.29, 0.717) is 0 Å². The number of carboxylic acid groups (broad SMARTS) is 1. The standard InChI is InChI=1S/C23H18O8/c1-12(14-3-17(24)9-18(25)4-14)30-21-7-16(23(28)29)8-22(11-21)31-13(2)15-5-19(26)10-20(27)6-15/h3-11,24-27H,1-2H2,(H,28,29). The van der Waals surface area contributed by atoms with E-state index in [2.05, 4.69) is 13.2 Å². The Balaban J connectivity index is 1.89. The zero-order valence-electron chi connectivity index (χ0n) is 16.1. The summed E-state index contributed by atoms with van der Waals surface area (Å²) in [6.07, 6.45) is 0. The molecule has 3 rings (SSSR count). The summed E-state index contributed by atoms with van der Waals surface area (Å²) >= 11 is 0. The predicted molar refractivity (Wildman–Crippen MR) is 112 cm³/mol. The second kappa shape index (κ2) is 8.42. The van der Waals surface area contributed by atoms with Crippen molar-refractivity contribution in [1.29, 1.82) is 0 Å². The largest absolute Gasteiger partial charge is 0.508 e. The third kappa shape index (κ3) is 5.27. The van der Waals surface area contributed by atoms with Gasteiger partial charge in [-0.1, -0.05) is 13.2 Å². The summed E-state index contributed by atoms with van der Waals surface area (Å²) in [5.74, 6) is -1.84. The van der Waals surface area contributed by atoms with Crippen LogP contribution >= 0.6 is 0 Å². The van der Waals surface area contributed by atoms with E-state index in [1.54, 1.807) is 0 Å². The summed E-state index contributed by atoms with van der Waals surface area (Å²) in [7, 11) is 0. The summed E-state index contributed by atoms with van der Waals surface area (Å²) in [5, 5.41) is 47.9. The zero-order chi connectivity index (χ0) is 22.7. The highest BCUT2D eigenvalue weighted by atomic mass is 16.5. The number of ether oxygens (including phenoxy) is 2. The molecular formula is C23H18O8. The Hall–Kier alpha value is -4.59. The average Bonchev–Trinajstić information content (AvgIpc) is 2.66. The Bertz CT molecular complexity index is 1070. The van der Waals surface area contributed by atoms with Gasteiger partial charge in [-0.15, -0.1) is 0 Å². The predicted octanol–water partition coefficient (Wildman–Crippen LogP) is 4.31. The minimum Gasteiger partial charge on any atom is -0.508 e. The number of aromatic hydroxyl groups is 4. The zero-order valence-corrected chi connectivity index (χ0v) is 16.1. The quantitative estimate of drug-likeness (QED) is 0.355. The molecule has 0 saturated heterocycles. The summed E-state index contributed by atoms with van der Waals surface area (Å²) in [4.78, 5) is 11.5. The number of hydrogen-bond acceptors (Lipinski definition) is 7. The van der Waals surface area contributed by atoms with Crippen molar-refractivity contribution in [2.45, 2.75) is 0 Å². The van der Waals surface area contributed by atoms with E-state index in [-0.39, 0.29) is 62.7 Å². The number of phenolic OH excluding ortho intramolecular Hbond substituents is 4. The highest BCUT2D eigenvalue weighted by Gasteiger charge is 2.13. The van der Waals surface area contributed by atoms with Crippen molar-refractivity contribution in [1.82, 2.24) is 0 Å². The molecule has 0 saturated carbocycles. The van der Waals surface area contributed by atoms with Crippen LogP contribution in [0.1, 0.15) is 21.5 Å². The monoisotopic (exact) mass is 422 g/mol. The molecule has 0 fully saturated rings. The van der Waals surface area contributed by atoms with Gasteiger partial charge in [0.15, 0.2) is 0 Å². The molecule has 3 aromatic carbocycles. The maximum atomic E-state index is 11.5. The molecule has 0 aromatic heterocycles. The van der Waals surface area contributed by atoms with Crippen molar-refractivity contribution in [3.05, 3.63) is 84.4 Å². The molecule has 0 radical (unpaired) electrons. The van der Waals surface area contributed by atoms with E-state index in [0.717, 1.165) is 12.1 Å². The molecule has 0 aliphatic carbocycles. The van der Waals surface area contributed by atoms with Gasteiger partial charge >= 0.3 is 5.97 Å². The van der Waals surface area contributed by atoms with E-state index >= 15 is 0 Å². The minimum absolute atomic E-state index is 0.0384. The lowest BCUT2D eigenvalue weighted by Gasteiger charge is -2.14. The minimum atomic E-state index is -1.24. The SMILES string of the molecule is C=C(Oc1cc(OC(=C)c2cc(O)cc(O)c2)cc(C(=O)O)c1)c1cc(O)cc(O)c1. The second-order valence-corrected chi connectivity index (χ2v) is 6.52. The number of hydrogen-bond donors (Lipinski definition) is 5. The molecule has 0 heterocycles. The lowest BCUT2D eigenvalue weighted by Crippen LogP contribution is -2.01. The number of benzene rings is 3. The van der Waals surface area contributed by atoms with Gasteiger partial charge in [-0.3, -0.25) is 0 Å². The molecule has 5 N–H and O–H groups in total. The fourth-order valence-corrected chi connectivity index (χ4v) is 2.73. The molecule has 0 aliphatic rings. The summed E-state index contributed by atoms with van der Waals surface area (Å²) < 4.78 is 11.2. The Morgan fingerprint density at radius 3 is 1.26 bits per heavy atom. The smallest absolute Gasteiger partial charge is 0.335 e. The first-order valence-electron chi connectivity index (χ1n) is 8.79. The molecule has 0 spiro atoms. The molecule has 3 aromatic rings. The molecule has 31 heavy (non-hydrogen) atoms. The fraction of sp³-hybridized carbons (Fsp3) is 0. The normalized spacial score (nSPS) is 10.3. The first-order valence-corrected chi connectivity index (χ1v) is 8.79. The molecule has 0 unspecified atom stereocenters. The van der Waals surface area contributed by atoms with Crippen LogP contribution in [0.15, 0.2) is 67.8 Å². The van der Waals surface area contributed by atoms with Gasteiger partial charge < -0.3 is 35.0 Å². The summed E-state index contributed by atoms with van der Waals surface area (Å²) in [5.41, 5.74) is 0.409. The van der Waals surface area contributed by atoms with Gasteiger partial charge in [-0.25, -0.2) is 4.79 Å². The Labute approximate surface area is 176 Å². The van der Waals surface area contributed by atoms with Crippen LogP contribution in [0.3, 0.4) is 0 Å². The van der Waals surface area contributed by atoms with Crippen molar-refractivity contribution in [2.24, 2.45) is 0 Å². The van der Waals surface area contributed by atoms with Crippen molar-refractivity contribution in [2.75, 3.05) is 0 Å². The average molecular weight is 422 g/mol. The van der Waals surface area contributed by atoms with E-state index in [1.165, 1.54) is 42.5 Å². The van der Waals surface area contributed by atoms with Gasteiger partial charge in [0.25, 0.3) is 0 Å². The van der Waals surface area contributed by atoms with Crippen LogP contribution in [0.5, 0.6) is 34.5 Å². The maximum absolute atomic E-state index is 11.5. The molecular weight excluding hydrogens is 404 g/mol. The van der Waals surface area contributed by atoms with E-state index in [4.69, 9.17) is 9.47 Å². The molecule has 0 atom stereocenters. The molecule has 0 aliphatic heterocycles. The van der Waals surface area contributed by atoms with Gasteiger partial charge in [0.05, 0.1) is 5.56 Å². The van der Waals surface area contributed by atoms with Crippen LogP contribution in [-0.2, 0) is 0 Å². The highest BCUT2D eigenvalue weighted by molar-refractivity contribution is 5.89. The van der Waals surface area contributed by atoms with Crippen LogP contribution in [-0.4, -0.2) is 31.5 Å². The van der Waals surface area contributed by atoms with Crippen LogP contribution in [0, 0.1) is 0 Å². The first kappa shape index (κ1) is 21.1. The number of aromatic carboxylic acids is 1. The maximum Gasteiger partial charge on any atom is 0.335 e. The number of phenols is 4. The Kier molecular flexibility index (Phi) is 5.74. The lowest BCUT2D eigenvalue weighted by molar-refractivity contribution is 0.0696. The second-order valence-electron chi connectivity index (χ2n) is 6.52. The highest BCUT2D eigenvalue weighted by Crippen LogP contribution is 2.32. The van der Waals surface area contributed by atoms with Gasteiger partial charge in [-0.05, 0) is 36.4 Å². The molecule has 0 amide bonds. The topological polar surface area (TPSA) is 137 Å². The number of carbonyl (C=O) groups is 1. The van der Waals surface area contributed by atoms with Crippen LogP contribution in [0.2, 0.25) is 0 Å². The van der Waals surface area contributed by atoms with Gasteiger partial charge in [0.1, 0.15) is 46.0 Å². The van der Waals surface area contributed by atoms with Crippen LogP contribution < -0.4 is 9.47 Å². The third-order valence-corrected chi connectivity index (χ3v) is 4.06. The van der Waals surface area contributed by atoms with Crippen molar-refractivity contribution >= 4 is 17.5 Å². The number of rotatable bonds is 7. The van der Waals surface area contributed by atoms with Crippen molar-refractivity contribution in [3.63, 3.8) is 0 Å². The van der Waals surface area contributed by atoms with Gasteiger partial charge in [-0.2, -0.15) is 0 Å². The fourth-order valence-electron chi connectivity index (χ4n) is 2.73. The Morgan fingerprint density at radius 1 is 0.581 bits per heavy atom. The van der Waals surface area contributed by atoms with Gasteiger partial charge in [0.2, 0.25) is 0 Å². The van der Waals surface area contributed by atoms with Crippen LogP contribution in [0.4, 0.5) is 0 Å². The van der Waals surface area contributed by atoms with Crippen LogP contribution in [0.25, 0.3) is 11.5 Å². The summed E-state index contributed by atoms with van der Waals surface area (Å²) in [6.45, 7) is 7.46. The van der Waals surface area contributed by atoms with Gasteiger partial charge in [0, 0.05) is 29.3 Å². The third-order valence-electron chi connectivity index (χ3n) is 4.06.